The van der Waals surface area contributed by atoms with Gasteiger partial charge in [0.2, 0.25) is 0 Å². The molecule has 1 atom stereocenters. The van der Waals surface area contributed by atoms with Crippen molar-refractivity contribution in [2.24, 2.45) is 10.9 Å². The summed E-state index contributed by atoms with van der Waals surface area (Å²) in [6.07, 6.45) is 1.80. The number of hydrazone groups is 1. The van der Waals surface area contributed by atoms with E-state index in [-0.39, 0.29) is 18.3 Å². The second kappa shape index (κ2) is 12.0. The zero-order chi connectivity index (χ0) is 24.3. The lowest BCUT2D eigenvalue weighted by Gasteiger charge is -2.18. The molecule has 0 aliphatic rings. The van der Waals surface area contributed by atoms with E-state index in [2.05, 4.69) is 15.2 Å². The first-order chi connectivity index (χ1) is 16.5. The Labute approximate surface area is 197 Å². The summed E-state index contributed by atoms with van der Waals surface area (Å²) in [6.45, 7) is -0.230. The molecule has 0 aromatic heterocycles. The zero-order valence-corrected chi connectivity index (χ0v) is 18.6. The van der Waals surface area contributed by atoms with E-state index in [1.54, 1.807) is 48.5 Å². The van der Waals surface area contributed by atoms with Crippen LogP contribution in [-0.4, -0.2) is 43.6 Å². The van der Waals surface area contributed by atoms with Crippen LogP contribution in [0.25, 0.3) is 0 Å². The van der Waals surface area contributed by atoms with Gasteiger partial charge >= 0.3 is 5.97 Å². The van der Waals surface area contributed by atoms with Crippen LogP contribution in [0.2, 0.25) is 0 Å². The summed E-state index contributed by atoms with van der Waals surface area (Å²) < 4.78 is 9.87. The molecule has 174 valence electrons. The number of rotatable bonds is 10. The summed E-state index contributed by atoms with van der Waals surface area (Å²) in [5, 5.41) is 6.32. The van der Waals surface area contributed by atoms with Crippen molar-refractivity contribution in [3.63, 3.8) is 0 Å². The van der Waals surface area contributed by atoms with Crippen LogP contribution in [-0.2, 0) is 16.0 Å². The summed E-state index contributed by atoms with van der Waals surface area (Å²) in [5.41, 5.74) is 2.48. The third kappa shape index (κ3) is 6.77. The van der Waals surface area contributed by atoms with E-state index in [4.69, 9.17) is 10.6 Å². The number of methoxy groups -OCH3 is 1. The normalized spacial score (nSPS) is 11.6. The molecule has 8 heteroatoms. The largest absolute Gasteiger partial charge is 0.482 e. The molecule has 3 aromatic rings. The molecule has 8 nitrogen and oxygen atoms in total. The van der Waals surface area contributed by atoms with Gasteiger partial charge in [0, 0.05) is 17.5 Å². The monoisotopic (exact) mass is 459 g/mol. The lowest BCUT2D eigenvalue weighted by Crippen LogP contribution is -2.42. The Kier molecular flexibility index (Phi) is 8.51. The Hall–Kier alpha value is -4.46. The Morgan fingerprint density at radius 2 is 1.59 bits per heavy atom. The van der Waals surface area contributed by atoms with Gasteiger partial charge in [-0.1, -0.05) is 42.5 Å². The average molecular weight is 460 g/mol. The lowest BCUT2D eigenvalue weighted by molar-refractivity contribution is -0.142. The standard InChI is InChI=1S/C26H25N3O5/c1-33-24(30)17-34-22-13-11-20(12-14-22)25(31)23(15-18-5-3-2-4-6-18)29-26(32)21-9-7-19(8-10-21)16-28-27/h2-14,16,23H,15,17,27H2,1H3,(H,29,32)/t23-/m0/s1. The smallest absolute Gasteiger partial charge is 0.343 e. The summed E-state index contributed by atoms with van der Waals surface area (Å²) in [5.74, 6) is 4.46. The molecule has 0 bridgehead atoms. The number of hydrogen-bond acceptors (Lipinski definition) is 7. The number of benzene rings is 3. The molecule has 0 aliphatic heterocycles. The molecule has 0 unspecified atom stereocenters. The zero-order valence-electron chi connectivity index (χ0n) is 18.6. The van der Waals surface area contributed by atoms with E-state index in [1.807, 2.05) is 30.3 Å². The van der Waals surface area contributed by atoms with Crippen LogP contribution in [0.5, 0.6) is 5.75 Å². The first-order valence-electron chi connectivity index (χ1n) is 10.5. The Bertz CT molecular complexity index is 1140. The molecule has 0 aliphatic carbocycles. The predicted octanol–water partition coefficient (Wildman–Crippen LogP) is 2.76. The fourth-order valence-electron chi connectivity index (χ4n) is 3.23. The maximum Gasteiger partial charge on any atom is 0.343 e. The van der Waals surface area contributed by atoms with E-state index < -0.39 is 12.0 Å². The van der Waals surface area contributed by atoms with Crippen molar-refractivity contribution in [3.8, 4) is 5.75 Å². The highest BCUT2D eigenvalue weighted by Crippen LogP contribution is 2.16. The van der Waals surface area contributed by atoms with Crippen molar-refractivity contribution >= 4 is 23.9 Å². The van der Waals surface area contributed by atoms with Crippen LogP contribution in [0.15, 0.2) is 84.0 Å². The Morgan fingerprint density at radius 3 is 2.21 bits per heavy atom. The van der Waals surface area contributed by atoms with Crippen LogP contribution in [0.1, 0.15) is 31.8 Å². The third-order valence-corrected chi connectivity index (χ3v) is 5.02. The number of carbonyl (C=O) groups is 3. The predicted molar refractivity (Wildman–Crippen MR) is 128 cm³/mol. The average Bonchev–Trinajstić information content (AvgIpc) is 2.88. The minimum Gasteiger partial charge on any atom is -0.482 e. The molecular weight excluding hydrogens is 434 g/mol. The lowest BCUT2D eigenvalue weighted by atomic mass is 9.97. The first kappa shape index (κ1) is 24.2. The minimum atomic E-state index is -0.790. The first-order valence-corrected chi connectivity index (χ1v) is 10.5. The van der Waals surface area contributed by atoms with Gasteiger partial charge in [-0.05, 0) is 47.5 Å². The minimum absolute atomic E-state index is 0.230. The molecule has 0 saturated carbocycles. The van der Waals surface area contributed by atoms with E-state index in [0.717, 1.165) is 11.1 Å². The molecule has 3 N–H and O–H groups in total. The molecular formula is C26H25N3O5. The van der Waals surface area contributed by atoms with Gasteiger partial charge in [-0.2, -0.15) is 5.10 Å². The quantitative estimate of drug-likeness (QED) is 0.158. The van der Waals surface area contributed by atoms with Gasteiger partial charge in [-0.25, -0.2) is 4.79 Å². The molecule has 3 rings (SSSR count). The molecule has 0 heterocycles. The second-order valence-corrected chi connectivity index (χ2v) is 7.37. The number of nitrogens with two attached hydrogens (primary N) is 1. The maximum atomic E-state index is 13.3. The number of ketones is 1. The highest BCUT2D eigenvalue weighted by atomic mass is 16.6. The number of esters is 1. The summed E-state index contributed by atoms with van der Waals surface area (Å²) in [6, 6.07) is 21.7. The van der Waals surface area contributed by atoms with Gasteiger partial charge in [0.1, 0.15) is 5.75 Å². The molecule has 3 aromatic carbocycles. The van der Waals surface area contributed by atoms with Crippen LogP contribution in [0, 0.1) is 0 Å². The second-order valence-electron chi connectivity index (χ2n) is 7.37. The van der Waals surface area contributed by atoms with Crippen LogP contribution < -0.4 is 15.9 Å². The Balaban J connectivity index is 1.77. The number of nitrogens with one attached hydrogen (secondary N) is 1. The third-order valence-electron chi connectivity index (χ3n) is 5.02. The van der Waals surface area contributed by atoms with Gasteiger partial charge in [-0.3, -0.25) is 9.59 Å². The number of carbonyl (C=O) groups excluding carboxylic acids is 3. The van der Waals surface area contributed by atoms with Crippen LogP contribution in [0.3, 0.4) is 0 Å². The van der Waals surface area contributed by atoms with Crippen LogP contribution in [0.4, 0.5) is 0 Å². The van der Waals surface area contributed by atoms with Gasteiger partial charge in [0.25, 0.3) is 5.91 Å². The number of hydrogen-bond donors (Lipinski definition) is 2. The molecule has 1 amide bonds. The Morgan fingerprint density at radius 1 is 0.941 bits per heavy atom. The molecule has 0 saturated heterocycles. The van der Waals surface area contributed by atoms with Crippen LogP contribution >= 0.6 is 0 Å². The van der Waals surface area contributed by atoms with E-state index >= 15 is 0 Å². The molecule has 0 radical (unpaired) electrons. The van der Waals surface area contributed by atoms with Gasteiger partial charge in [0.05, 0.1) is 19.4 Å². The number of amides is 1. The summed E-state index contributed by atoms with van der Waals surface area (Å²) >= 11 is 0. The number of Topliss-reactive ketones (excluding diaryl/α,β-unsaturated/α-hetero) is 1. The fourth-order valence-corrected chi connectivity index (χ4v) is 3.23. The summed E-state index contributed by atoms with van der Waals surface area (Å²) in [7, 11) is 1.28. The van der Waals surface area contributed by atoms with E-state index in [9.17, 15) is 14.4 Å². The maximum absolute atomic E-state index is 13.3. The van der Waals surface area contributed by atoms with Gasteiger partial charge in [-0.15, -0.1) is 0 Å². The van der Waals surface area contributed by atoms with Crippen molar-refractivity contribution in [1.29, 1.82) is 0 Å². The SMILES string of the molecule is COC(=O)COc1ccc(C(=O)[C@H](Cc2ccccc2)NC(=O)c2ccc(C=NN)cc2)cc1. The van der Waals surface area contributed by atoms with Gasteiger partial charge < -0.3 is 20.6 Å². The van der Waals surface area contributed by atoms with Gasteiger partial charge in [0.15, 0.2) is 12.4 Å². The van der Waals surface area contributed by atoms with E-state index in [0.29, 0.717) is 23.3 Å². The van der Waals surface area contributed by atoms with Crippen molar-refractivity contribution in [2.75, 3.05) is 13.7 Å². The van der Waals surface area contributed by atoms with Crippen molar-refractivity contribution in [2.45, 2.75) is 12.5 Å². The highest BCUT2D eigenvalue weighted by molar-refractivity contribution is 6.04. The van der Waals surface area contributed by atoms with Crippen molar-refractivity contribution in [1.82, 2.24) is 5.32 Å². The highest BCUT2D eigenvalue weighted by Gasteiger charge is 2.23. The number of ether oxygens (including phenoxy) is 2. The molecule has 34 heavy (non-hydrogen) atoms. The van der Waals surface area contributed by atoms with Crippen molar-refractivity contribution < 1.29 is 23.9 Å². The molecule has 0 fully saturated rings. The number of nitrogens with zero attached hydrogens (tertiary/aromatic N) is 1. The van der Waals surface area contributed by atoms with Crippen molar-refractivity contribution in [3.05, 3.63) is 101 Å². The fraction of sp³-hybridized carbons (Fsp3) is 0.154. The molecule has 0 spiro atoms. The summed E-state index contributed by atoms with van der Waals surface area (Å²) in [4.78, 5) is 37.5. The van der Waals surface area contributed by atoms with E-state index in [1.165, 1.54) is 13.3 Å². The topological polar surface area (TPSA) is 120 Å².